The van der Waals surface area contributed by atoms with Crippen LogP contribution in [0.4, 0.5) is 0 Å². The molecule has 1 fully saturated rings. The van der Waals surface area contributed by atoms with Crippen LogP contribution in [0.1, 0.15) is 46.0 Å². The maximum absolute atomic E-state index is 10.6. The van der Waals surface area contributed by atoms with Crippen LogP contribution in [0, 0.1) is 0 Å². The molecule has 1 saturated carbocycles. The molecule has 1 N–H and O–H groups in total. The summed E-state index contributed by atoms with van der Waals surface area (Å²) in [5, 5.41) is 8.73. The van der Waals surface area contributed by atoms with Gasteiger partial charge in [0.25, 0.3) is 0 Å². The van der Waals surface area contributed by atoms with Crippen molar-refractivity contribution in [1.82, 2.24) is 4.90 Å². The van der Waals surface area contributed by atoms with Crippen LogP contribution in [-0.4, -0.2) is 34.6 Å². The fourth-order valence-corrected chi connectivity index (χ4v) is 1.88. The Balaban J connectivity index is 2.35. The van der Waals surface area contributed by atoms with Crippen molar-refractivity contribution in [2.45, 2.75) is 58.0 Å². The highest BCUT2D eigenvalue weighted by atomic mass is 16.4. The molecule has 0 aromatic rings. The Hall–Kier alpha value is -0.570. The van der Waals surface area contributed by atoms with Gasteiger partial charge >= 0.3 is 5.97 Å². The molecule has 1 rings (SSSR count). The summed E-state index contributed by atoms with van der Waals surface area (Å²) in [7, 11) is 0. The smallest absolute Gasteiger partial charge is 0.304 e. The molecule has 0 aromatic heterocycles. The predicted octanol–water partition coefficient (Wildman–Crippen LogP) is 2.11. The van der Waals surface area contributed by atoms with E-state index < -0.39 is 5.97 Å². The van der Waals surface area contributed by atoms with Crippen LogP contribution in [0.25, 0.3) is 0 Å². The lowest BCUT2D eigenvalue weighted by Gasteiger charge is -2.27. The number of carboxylic acids is 1. The molecule has 82 valence electrons. The van der Waals surface area contributed by atoms with E-state index in [9.17, 15) is 4.79 Å². The third kappa shape index (κ3) is 3.66. The first-order chi connectivity index (χ1) is 6.65. The Morgan fingerprint density at radius 3 is 2.64 bits per heavy atom. The van der Waals surface area contributed by atoms with Crippen molar-refractivity contribution in [2.75, 3.05) is 6.54 Å². The minimum absolute atomic E-state index is 0.201. The second kappa shape index (κ2) is 5.35. The van der Waals surface area contributed by atoms with Gasteiger partial charge in [-0.15, -0.1) is 0 Å². The third-order valence-corrected chi connectivity index (χ3v) is 2.82. The number of unbranched alkanes of at least 4 members (excludes halogenated alkanes) is 1. The molecule has 1 aliphatic rings. The quantitative estimate of drug-likeness (QED) is 0.682. The molecule has 1 aliphatic carbocycles. The molecule has 0 heterocycles. The number of carboxylic acid groups (broad SMARTS) is 1. The minimum Gasteiger partial charge on any atom is -0.481 e. The van der Waals surface area contributed by atoms with Crippen molar-refractivity contribution in [1.29, 1.82) is 0 Å². The van der Waals surface area contributed by atoms with E-state index in [2.05, 4.69) is 11.8 Å². The van der Waals surface area contributed by atoms with E-state index in [1.807, 2.05) is 6.92 Å². The molecule has 1 unspecified atom stereocenters. The highest BCUT2D eigenvalue weighted by Crippen LogP contribution is 2.29. The summed E-state index contributed by atoms with van der Waals surface area (Å²) in [5.41, 5.74) is 0. The molecular formula is C11H21NO2. The average Bonchev–Trinajstić information content (AvgIpc) is 2.87. The van der Waals surface area contributed by atoms with Crippen molar-refractivity contribution in [3.05, 3.63) is 0 Å². The summed E-state index contributed by atoms with van der Waals surface area (Å²) in [6.07, 6.45) is 5.16. The number of hydrogen-bond donors (Lipinski definition) is 1. The van der Waals surface area contributed by atoms with Crippen LogP contribution in [0.5, 0.6) is 0 Å². The molecule has 0 spiro atoms. The second-order valence-electron chi connectivity index (χ2n) is 4.27. The van der Waals surface area contributed by atoms with Crippen LogP contribution in [0.3, 0.4) is 0 Å². The van der Waals surface area contributed by atoms with Gasteiger partial charge in [0.15, 0.2) is 0 Å². The molecular weight excluding hydrogens is 178 g/mol. The zero-order valence-electron chi connectivity index (χ0n) is 9.20. The molecule has 0 aromatic carbocycles. The van der Waals surface area contributed by atoms with E-state index in [1.165, 1.54) is 25.7 Å². The SMILES string of the molecule is CCCCN(C(C)CC(=O)O)C1CC1. The van der Waals surface area contributed by atoms with Crippen LogP contribution in [0.2, 0.25) is 0 Å². The largest absolute Gasteiger partial charge is 0.481 e. The maximum Gasteiger partial charge on any atom is 0.304 e. The van der Waals surface area contributed by atoms with E-state index >= 15 is 0 Å². The fraction of sp³-hybridized carbons (Fsp3) is 0.909. The van der Waals surface area contributed by atoms with Gasteiger partial charge in [-0.1, -0.05) is 13.3 Å². The highest BCUT2D eigenvalue weighted by molar-refractivity contribution is 5.67. The number of carbonyl (C=O) groups is 1. The number of aliphatic carboxylic acids is 1. The highest BCUT2D eigenvalue weighted by Gasteiger charge is 2.32. The van der Waals surface area contributed by atoms with Gasteiger partial charge < -0.3 is 5.11 Å². The summed E-state index contributed by atoms with van der Waals surface area (Å²) in [6, 6.07) is 0.877. The van der Waals surface area contributed by atoms with Gasteiger partial charge in [-0.05, 0) is 32.7 Å². The van der Waals surface area contributed by atoms with Crippen molar-refractivity contribution in [3.63, 3.8) is 0 Å². The summed E-state index contributed by atoms with van der Waals surface area (Å²) in [5.74, 6) is -0.681. The first kappa shape index (κ1) is 11.5. The molecule has 3 heteroatoms. The molecule has 0 saturated heterocycles. The molecule has 0 aliphatic heterocycles. The van der Waals surface area contributed by atoms with E-state index in [0.717, 1.165) is 6.54 Å². The summed E-state index contributed by atoms with van der Waals surface area (Å²) >= 11 is 0. The Morgan fingerprint density at radius 1 is 1.57 bits per heavy atom. The number of rotatable bonds is 7. The van der Waals surface area contributed by atoms with Gasteiger partial charge in [0.1, 0.15) is 0 Å². The van der Waals surface area contributed by atoms with Gasteiger partial charge in [0, 0.05) is 12.1 Å². The Morgan fingerprint density at radius 2 is 2.21 bits per heavy atom. The Kier molecular flexibility index (Phi) is 4.39. The second-order valence-corrected chi connectivity index (χ2v) is 4.27. The van der Waals surface area contributed by atoms with Gasteiger partial charge in [0.2, 0.25) is 0 Å². The summed E-state index contributed by atoms with van der Waals surface area (Å²) in [4.78, 5) is 13.0. The van der Waals surface area contributed by atoms with Gasteiger partial charge in [0.05, 0.1) is 6.42 Å². The van der Waals surface area contributed by atoms with E-state index in [4.69, 9.17) is 5.11 Å². The van der Waals surface area contributed by atoms with E-state index in [1.54, 1.807) is 0 Å². The third-order valence-electron chi connectivity index (χ3n) is 2.82. The standard InChI is InChI=1S/C11H21NO2/c1-3-4-7-12(10-5-6-10)9(2)8-11(13)14/h9-10H,3-8H2,1-2H3,(H,13,14). The molecule has 1 atom stereocenters. The van der Waals surface area contributed by atoms with E-state index in [-0.39, 0.29) is 12.5 Å². The maximum atomic E-state index is 10.6. The monoisotopic (exact) mass is 199 g/mol. The van der Waals surface area contributed by atoms with Gasteiger partial charge in [-0.3, -0.25) is 9.69 Å². The molecule has 0 radical (unpaired) electrons. The molecule has 14 heavy (non-hydrogen) atoms. The zero-order chi connectivity index (χ0) is 10.6. The van der Waals surface area contributed by atoms with Crippen LogP contribution >= 0.6 is 0 Å². The first-order valence-corrected chi connectivity index (χ1v) is 5.62. The van der Waals surface area contributed by atoms with Crippen LogP contribution in [0.15, 0.2) is 0 Å². The Labute approximate surface area is 86.1 Å². The van der Waals surface area contributed by atoms with Crippen LogP contribution in [-0.2, 0) is 4.79 Å². The molecule has 0 amide bonds. The van der Waals surface area contributed by atoms with Crippen molar-refractivity contribution in [2.24, 2.45) is 0 Å². The predicted molar refractivity (Wildman–Crippen MR) is 56.4 cm³/mol. The lowest BCUT2D eigenvalue weighted by molar-refractivity contribution is -0.138. The summed E-state index contributed by atoms with van der Waals surface area (Å²) in [6.45, 7) is 5.27. The fourth-order valence-electron chi connectivity index (χ4n) is 1.88. The van der Waals surface area contributed by atoms with Crippen molar-refractivity contribution < 1.29 is 9.90 Å². The average molecular weight is 199 g/mol. The van der Waals surface area contributed by atoms with Gasteiger partial charge in [-0.25, -0.2) is 0 Å². The summed E-state index contributed by atoms with van der Waals surface area (Å²) < 4.78 is 0. The van der Waals surface area contributed by atoms with E-state index in [0.29, 0.717) is 6.04 Å². The molecule has 3 nitrogen and oxygen atoms in total. The normalized spacial score (nSPS) is 18.5. The number of hydrogen-bond acceptors (Lipinski definition) is 2. The van der Waals surface area contributed by atoms with Gasteiger partial charge in [-0.2, -0.15) is 0 Å². The topological polar surface area (TPSA) is 40.5 Å². The first-order valence-electron chi connectivity index (χ1n) is 5.62. The lowest BCUT2D eigenvalue weighted by atomic mass is 10.2. The minimum atomic E-state index is -0.681. The zero-order valence-corrected chi connectivity index (χ0v) is 9.20. The lowest BCUT2D eigenvalue weighted by Crippen LogP contribution is -2.37. The Bertz CT molecular complexity index is 190. The van der Waals surface area contributed by atoms with Crippen molar-refractivity contribution >= 4 is 5.97 Å². The van der Waals surface area contributed by atoms with Crippen molar-refractivity contribution in [3.8, 4) is 0 Å². The molecule has 0 bridgehead atoms. The van der Waals surface area contributed by atoms with Crippen LogP contribution < -0.4 is 0 Å². The number of nitrogens with zero attached hydrogens (tertiary/aromatic N) is 1.